The van der Waals surface area contributed by atoms with Gasteiger partial charge >= 0.3 is 0 Å². The van der Waals surface area contributed by atoms with Gasteiger partial charge in [0.25, 0.3) is 5.91 Å². The van der Waals surface area contributed by atoms with Crippen LogP contribution in [0.5, 0.6) is 0 Å². The van der Waals surface area contributed by atoms with Gasteiger partial charge in [-0.25, -0.2) is 0 Å². The second-order valence-corrected chi connectivity index (χ2v) is 8.11. The van der Waals surface area contributed by atoms with Crippen LogP contribution in [-0.2, 0) is 16.6 Å². The summed E-state index contributed by atoms with van der Waals surface area (Å²) in [5.41, 5.74) is 4.90. The number of anilines is 1. The molecule has 0 saturated heterocycles. The van der Waals surface area contributed by atoms with E-state index in [9.17, 15) is 9.00 Å². The molecule has 2 heterocycles. The average Bonchev–Trinajstić information content (AvgIpc) is 3.13. The summed E-state index contributed by atoms with van der Waals surface area (Å²) in [4.78, 5) is 12.9. The lowest BCUT2D eigenvalue weighted by Crippen LogP contribution is -2.14. The number of rotatable bonds is 5. The van der Waals surface area contributed by atoms with E-state index in [4.69, 9.17) is 4.52 Å². The van der Waals surface area contributed by atoms with Crippen LogP contribution in [0.2, 0.25) is 0 Å². The normalized spacial score (nSPS) is 12.2. The van der Waals surface area contributed by atoms with E-state index in [1.165, 1.54) is 0 Å². The molecule has 1 amide bonds. The first-order chi connectivity index (χ1) is 12.8. The molecule has 0 fully saturated rings. The minimum absolute atomic E-state index is 0.188. The zero-order valence-electron chi connectivity index (χ0n) is 16.1. The number of hydrogen-bond donors (Lipinski definition) is 1. The molecule has 0 aliphatic carbocycles. The summed E-state index contributed by atoms with van der Waals surface area (Å²) in [5.74, 6) is 1.65. The third-order valence-electron chi connectivity index (χ3n) is 4.57. The number of carbonyl (C=O) groups excluding carboxylic acids is 1. The Morgan fingerprint density at radius 3 is 2.59 bits per heavy atom. The molecule has 1 atom stereocenters. The fraction of sp³-hybridized carbons (Fsp3) is 0.300. The van der Waals surface area contributed by atoms with E-state index in [0.29, 0.717) is 22.9 Å². The highest BCUT2D eigenvalue weighted by molar-refractivity contribution is 7.83. The zero-order valence-corrected chi connectivity index (χ0v) is 16.9. The molecule has 0 bridgehead atoms. The van der Waals surface area contributed by atoms with Crippen LogP contribution in [-0.4, -0.2) is 26.1 Å². The summed E-state index contributed by atoms with van der Waals surface area (Å²) >= 11 is 0. The molecule has 0 spiro atoms. The molecule has 7 heteroatoms. The Kier molecular flexibility index (Phi) is 5.32. The minimum Gasteiger partial charge on any atom is -0.360 e. The van der Waals surface area contributed by atoms with Gasteiger partial charge in [0.05, 0.1) is 5.56 Å². The van der Waals surface area contributed by atoms with Crippen molar-refractivity contribution in [2.24, 2.45) is 0 Å². The van der Waals surface area contributed by atoms with Crippen molar-refractivity contribution in [3.8, 4) is 5.82 Å². The van der Waals surface area contributed by atoms with Gasteiger partial charge in [-0.15, -0.1) is 0 Å². The lowest BCUT2D eigenvalue weighted by molar-refractivity contribution is 0.102. The first-order valence-corrected chi connectivity index (χ1v) is 10.3. The molecule has 2 aromatic heterocycles. The molecule has 3 rings (SSSR count). The second kappa shape index (κ2) is 7.52. The van der Waals surface area contributed by atoms with E-state index in [0.717, 1.165) is 28.2 Å². The molecule has 1 N–H and O–H groups in total. The van der Waals surface area contributed by atoms with E-state index in [1.54, 1.807) is 6.26 Å². The van der Waals surface area contributed by atoms with Gasteiger partial charge in [-0.2, -0.15) is 0 Å². The number of carbonyl (C=O) groups is 1. The van der Waals surface area contributed by atoms with Crippen molar-refractivity contribution in [1.29, 1.82) is 0 Å². The monoisotopic (exact) mass is 385 g/mol. The van der Waals surface area contributed by atoms with Crippen LogP contribution < -0.4 is 5.32 Å². The fourth-order valence-corrected chi connectivity index (χ4v) is 3.94. The van der Waals surface area contributed by atoms with Crippen LogP contribution in [0.1, 0.15) is 38.6 Å². The summed E-state index contributed by atoms with van der Waals surface area (Å²) < 4.78 is 18.6. The molecule has 27 heavy (non-hydrogen) atoms. The van der Waals surface area contributed by atoms with E-state index in [2.05, 4.69) is 10.5 Å². The topological polar surface area (TPSA) is 77.1 Å². The Balaban J connectivity index is 1.91. The molecule has 1 unspecified atom stereocenters. The number of amides is 1. The Bertz CT molecular complexity index is 1030. The van der Waals surface area contributed by atoms with Crippen molar-refractivity contribution in [2.75, 3.05) is 11.6 Å². The second-order valence-electron chi connectivity index (χ2n) is 6.68. The van der Waals surface area contributed by atoms with Gasteiger partial charge in [0, 0.05) is 45.9 Å². The fourth-order valence-electron chi connectivity index (χ4n) is 3.19. The maximum atomic E-state index is 12.9. The maximum absolute atomic E-state index is 12.9. The molecule has 3 aromatic rings. The number of aromatic nitrogens is 2. The lowest BCUT2D eigenvalue weighted by Gasteiger charge is -2.12. The van der Waals surface area contributed by atoms with Crippen LogP contribution in [0.3, 0.4) is 0 Å². The van der Waals surface area contributed by atoms with Gasteiger partial charge in [-0.3, -0.25) is 13.6 Å². The maximum Gasteiger partial charge on any atom is 0.257 e. The Morgan fingerprint density at radius 1 is 1.22 bits per heavy atom. The van der Waals surface area contributed by atoms with Crippen LogP contribution in [0.15, 0.2) is 34.9 Å². The van der Waals surface area contributed by atoms with Crippen molar-refractivity contribution in [3.05, 3.63) is 64.2 Å². The summed E-state index contributed by atoms with van der Waals surface area (Å²) in [6, 6.07) is 9.34. The molecule has 0 aliphatic heterocycles. The van der Waals surface area contributed by atoms with E-state index < -0.39 is 10.8 Å². The summed E-state index contributed by atoms with van der Waals surface area (Å²) in [6.07, 6.45) is 1.67. The van der Waals surface area contributed by atoms with Gasteiger partial charge in [-0.05, 0) is 51.0 Å². The van der Waals surface area contributed by atoms with Crippen molar-refractivity contribution in [1.82, 2.24) is 9.72 Å². The summed E-state index contributed by atoms with van der Waals surface area (Å²) in [5, 5.41) is 7.03. The van der Waals surface area contributed by atoms with Crippen LogP contribution in [0.4, 0.5) is 5.69 Å². The third-order valence-corrected chi connectivity index (χ3v) is 5.29. The van der Waals surface area contributed by atoms with Crippen LogP contribution in [0.25, 0.3) is 5.82 Å². The number of hydrogen-bond acceptors (Lipinski definition) is 4. The molecule has 0 saturated carbocycles. The zero-order chi connectivity index (χ0) is 19.7. The van der Waals surface area contributed by atoms with Gasteiger partial charge in [0.1, 0.15) is 5.76 Å². The third kappa shape index (κ3) is 3.88. The number of nitrogens with one attached hydrogen (secondary N) is 1. The molecule has 0 radical (unpaired) electrons. The Hall–Kier alpha value is -2.67. The predicted octanol–water partition coefficient (Wildman–Crippen LogP) is 3.83. The van der Waals surface area contributed by atoms with Crippen molar-refractivity contribution in [2.45, 2.75) is 33.4 Å². The smallest absolute Gasteiger partial charge is 0.257 e. The lowest BCUT2D eigenvalue weighted by atomic mass is 10.1. The average molecular weight is 385 g/mol. The summed E-state index contributed by atoms with van der Waals surface area (Å²) in [6.45, 7) is 7.57. The highest BCUT2D eigenvalue weighted by Crippen LogP contribution is 2.24. The molecule has 0 aliphatic rings. The van der Waals surface area contributed by atoms with Crippen LogP contribution in [0, 0.1) is 27.7 Å². The predicted molar refractivity (Wildman–Crippen MR) is 107 cm³/mol. The molecule has 6 nitrogen and oxygen atoms in total. The Labute approximate surface area is 161 Å². The Morgan fingerprint density at radius 2 is 1.96 bits per heavy atom. The van der Waals surface area contributed by atoms with Crippen molar-refractivity contribution in [3.63, 3.8) is 0 Å². The number of aryl methyl sites for hydroxylation is 2. The van der Waals surface area contributed by atoms with Gasteiger partial charge in [0.15, 0.2) is 5.82 Å². The first-order valence-electron chi connectivity index (χ1n) is 8.60. The highest BCUT2D eigenvalue weighted by Gasteiger charge is 2.19. The van der Waals surface area contributed by atoms with E-state index in [1.807, 2.05) is 62.6 Å². The van der Waals surface area contributed by atoms with E-state index in [-0.39, 0.29) is 5.91 Å². The molecular weight excluding hydrogens is 362 g/mol. The van der Waals surface area contributed by atoms with Gasteiger partial charge in [0.2, 0.25) is 0 Å². The SMILES string of the molecule is Cc1cc(-n2c(C)cc(C(=O)Nc3cccc(CS(C)=O)c3C)c2C)no1. The van der Waals surface area contributed by atoms with E-state index >= 15 is 0 Å². The van der Waals surface area contributed by atoms with Crippen molar-refractivity contribution >= 4 is 22.4 Å². The van der Waals surface area contributed by atoms with Crippen LogP contribution >= 0.6 is 0 Å². The number of nitrogens with zero attached hydrogens (tertiary/aromatic N) is 2. The molecular formula is C20H23N3O3S. The highest BCUT2D eigenvalue weighted by atomic mass is 32.2. The number of benzene rings is 1. The standard InChI is InChI=1S/C20H23N3O3S/c1-12-9-17(15(4)23(12)19-10-13(2)26-22-19)20(24)21-18-8-6-7-16(14(18)3)11-27(5)25/h6-10H,11H2,1-5H3,(H,21,24). The molecule has 1 aromatic carbocycles. The molecule has 142 valence electrons. The minimum atomic E-state index is -0.938. The van der Waals surface area contributed by atoms with Crippen molar-refractivity contribution < 1.29 is 13.5 Å². The quantitative estimate of drug-likeness (QED) is 0.724. The summed E-state index contributed by atoms with van der Waals surface area (Å²) in [7, 11) is -0.938. The van der Waals surface area contributed by atoms with Gasteiger partial charge in [-0.1, -0.05) is 17.3 Å². The largest absolute Gasteiger partial charge is 0.360 e. The van der Waals surface area contributed by atoms with Gasteiger partial charge < -0.3 is 9.84 Å². The first kappa shape index (κ1) is 19.1.